The van der Waals surface area contributed by atoms with E-state index in [0.717, 1.165) is 35.2 Å². The fraction of sp³-hybridized carbons (Fsp3) is 0.211. The summed E-state index contributed by atoms with van der Waals surface area (Å²) in [6, 6.07) is 15.2. The van der Waals surface area contributed by atoms with Crippen LogP contribution in [0.25, 0.3) is 11.3 Å². The Morgan fingerprint density at radius 1 is 1.00 bits per heavy atom. The number of aromatic nitrogens is 2. The van der Waals surface area contributed by atoms with E-state index in [1.54, 1.807) is 0 Å². The van der Waals surface area contributed by atoms with Crippen molar-refractivity contribution < 1.29 is 4.79 Å². The predicted molar refractivity (Wildman–Crippen MR) is 110 cm³/mol. The van der Waals surface area contributed by atoms with Gasteiger partial charge in [0.15, 0.2) is 5.82 Å². The van der Waals surface area contributed by atoms with Crippen molar-refractivity contribution in [2.24, 2.45) is 0 Å². The van der Waals surface area contributed by atoms with Crippen LogP contribution in [-0.4, -0.2) is 47.3 Å². The molecule has 0 radical (unpaired) electrons. The van der Waals surface area contributed by atoms with Gasteiger partial charge in [0.2, 0.25) is 0 Å². The Labute approximate surface area is 166 Å². The maximum Gasteiger partial charge on any atom is 0.322 e. The van der Waals surface area contributed by atoms with E-state index < -0.39 is 0 Å². The van der Waals surface area contributed by atoms with Crippen molar-refractivity contribution in [1.29, 1.82) is 0 Å². The van der Waals surface area contributed by atoms with Crippen LogP contribution in [0.4, 0.5) is 15.6 Å². The number of rotatable bonds is 3. The van der Waals surface area contributed by atoms with Crippen LogP contribution < -0.4 is 10.2 Å². The highest BCUT2D eigenvalue weighted by molar-refractivity contribution is 7.14. The molecule has 1 N–H and O–H groups in total. The van der Waals surface area contributed by atoms with Gasteiger partial charge >= 0.3 is 6.03 Å². The maximum atomic E-state index is 12.3. The van der Waals surface area contributed by atoms with E-state index in [4.69, 9.17) is 11.6 Å². The molecule has 4 rings (SSSR count). The van der Waals surface area contributed by atoms with Crippen LogP contribution in [0.15, 0.2) is 53.9 Å². The summed E-state index contributed by atoms with van der Waals surface area (Å²) in [6.07, 6.45) is 0. The molecule has 1 aliphatic rings. The zero-order valence-corrected chi connectivity index (χ0v) is 16.1. The third-order valence-corrected chi connectivity index (χ3v) is 5.56. The molecule has 2 aromatic heterocycles. The molecule has 3 aromatic rings. The lowest BCUT2D eigenvalue weighted by Gasteiger charge is -2.35. The molecular formula is C19H18ClN5OS. The number of nitrogens with zero attached hydrogens (tertiary/aromatic N) is 4. The lowest BCUT2D eigenvalue weighted by Crippen LogP contribution is -2.50. The molecule has 0 saturated carbocycles. The second-order valence-corrected chi connectivity index (χ2v) is 7.49. The third-order valence-electron chi connectivity index (χ3n) is 4.44. The van der Waals surface area contributed by atoms with Crippen LogP contribution in [0.3, 0.4) is 0 Å². The molecule has 0 atom stereocenters. The minimum Gasteiger partial charge on any atom is -0.352 e. The highest BCUT2D eigenvalue weighted by Crippen LogP contribution is 2.26. The number of halogens is 1. The van der Waals surface area contributed by atoms with Crippen LogP contribution in [0.2, 0.25) is 5.02 Å². The van der Waals surface area contributed by atoms with Crippen molar-refractivity contribution in [3.8, 4) is 11.3 Å². The van der Waals surface area contributed by atoms with Gasteiger partial charge < -0.3 is 9.80 Å². The third kappa shape index (κ3) is 4.04. The molecule has 1 saturated heterocycles. The molecule has 8 heteroatoms. The number of urea groups is 1. The van der Waals surface area contributed by atoms with Gasteiger partial charge in [-0.05, 0) is 35.7 Å². The second-order valence-electron chi connectivity index (χ2n) is 6.14. The number of amides is 2. The molecule has 2 amide bonds. The van der Waals surface area contributed by atoms with E-state index in [1.165, 1.54) is 11.3 Å². The minimum absolute atomic E-state index is 0.0581. The summed E-state index contributed by atoms with van der Waals surface area (Å²) in [4.78, 5) is 16.3. The Morgan fingerprint density at radius 3 is 2.48 bits per heavy atom. The number of piperazine rings is 1. The number of carbonyl (C=O) groups excluding carboxylic acids is 1. The minimum atomic E-state index is -0.0581. The zero-order valence-electron chi connectivity index (χ0n) is 14.5. The highest BCUT2D eigenvalue weighted by Gasteiger charge is 2.22. The van der Waals surface area contributed by atoms with Crippen LogP contribution in [0, 0.1) is 0 Å². The van der Waals surface area contributed by atoms with E-state index in [0.29, 0.717) is 18.1 Å². The van der Waals surface area contributed by atoms with Gasteiger partial charge in [0.05, 0.1) is 15.7 Å². The van der Waals surface area contributed by atoms with Gasteiger partial charge in [0.25, 0.3) is 0 Å². The number of thiophene rings is 1. The Hall–Kier alpha value is -2.64. The SMILES string of the molecule is O=C(Nc1cccs1)N1CCN(c2ccc(-c3ccccc3Cl)nn2)CC1. The Kier molecular flexibility index (Phi) is 5.22. The van der Waals surface area contributed by atoms with Crippen molar-refractivity contribution >= 4 is 39.8 Å². The summed E-state index contributed by atoms with van der Waals surface area (Å²) >= 11 is 7.74. The molecule has 0 unspecified atom stereocenters. The van der Waals surface area contributed by atoms with Gasteiger partial charge in [0, 0.05) is 31.7 Å². The average Bonchev–Trinajstić information content (AvgIpc) is 3.22. The normalized spacial score (nSPS) is 14.3. The van der Waals surface area contributed by atoms with Gasteiger partial charge in [-0.2, -0.15) is 0 Å². The van der Waals surface area contributed by atoms with Crippen molar-refractivity contribution in [2.45, 2.75) is 0 Å². The van der Waals surface area contributed by atoms with Crippen molar-refractivity contribution in [3.05, 3.63) is 58.9 Å². The number of carbonyl (C=O) groups is 1. The molecule has 1 fully saturated rings. The first-order valence-electron chi connectivity index (χ1n) is 8.64. The summed E-state index contributed by atoms with van der Waals surface area (Å²) in [5.74, 6) is 0.809. The summed E-state index contributed by atoms with van der Waals surface area (Å²) < 4.78 is 0. The van der Waals surface area contributed by atoms with Gasteiger partial charge in [-0.15, -0.1) is 21.5 Å². The number of nitrogens with one attached hydrogen (secondary N) is 1. The molecule has 27 heavy (non-hydrogen) atoms. The molecule has 1 aromatic carbocycles. The fourth-order valence-corrected chi connectivity index (χ4v) is 3.82. The molecular weight excluding hydrogens is 382 g/mol. The van der Waals surface area contributed by atoms with Gasteiger partial charge in [-0.25, -0.2) is 4.79 Å². The quantitative estimate of drug-likeness (QED) is 0.716. The van der Waals surface area contributed by atoms with Crippen LogP contribution >= 0.6 is 22.9 Å². The van der Waals surface area contributed by atoms with Crippen LogP contribution in [0.1, 0.15) is 0 Å². The Bertz CT molecular complexity index is 908. The first-order chi connectivity index (χ1) is 13.2. The smallest absolute Gasteiger partial charge is 0.322 e. The molecule has 1 aliphatic heterocycles. The summed E-state index contributed by atoms with van der Waals surface area (Å²) in [5.41, 5.74) is 1.62. The first-order valence-corrected chi connectivity index (χ1v) is 9.89. The zero-order chi connectivity index (χ0) is 18.6. The predicted octanol–water partition coefficient (Wildman–Crippen LogP) is 4.21. The number of anilines is 2. The molecule has 6 nitrogen and oxygen atoms in total. The molecule has 0 spiro atoms. The average molecular weight is 400 g/mol. The molecule has 138 valence electrons. The van der Waals surface area contributed by atoms with Gasteiger partial charge in [0.1, 0.15) is 0 Å². The number of benzene rings is 1. The molecule has 0 aliphatic carbocycles. The van der Waals surface area contributed by atoms with E-state index in [-0.39, 0.29) is 6.03 Å². The highest BCUT2D eigenvalue weighted by atomic mass is 35.5. The summed E-state index contributed by atoms with van der Waals surface area (Å²) in [7, 11) is 0. The van der Waals surface area contributed by atoms with Crippen molar-refractivity contribution in [3.63, 3.8) is 0 Å². The Morgan fingerprint density at radius 2 is 1.81 bits per heavy atom. The molecule has 3 heterocycles. The molecule has 0 bridgehead atoms. The Balaban J connectivity index is 1.37. The lowest BCUT2D eigenvalue weighted by molar-refractivity contribution is 0.208. The van der Waals surface area contributed by atoms with Crippen molar-refractivity contribution in [1.82, 2.24) is 15.1 Å². The lowest BCUT2D eigenvalue weighted by atomic mass is 10.1. The summed E-state index contributed by atoms with van der Waals surface area (Å²) in [5, 5.41) is 15.1. The van der Waals surface area contributed by atoms with Crippen molar-refractivity contribution in [2.75, 3.05) is 36.4 Å². The second kappa shape index (κ2) is 7.94. The van der Waals surface area contributed by atoms with Crippen LogP contribution in [0.5, 0.6) is 0 Å². The van der Waals surface area contributed by atoms with Crippen LogP contribution in [-0.2, 0) is 0 Å². The largest absolute Gasteiger partial charge is 0.352 e. The first kappa shape index (κ1) is 17.8. The monoisotopic (exact) mass is 399 g/mol. The maximum absolute atomic E-state index is 12.3. The number of hydrogen-bond donors (Lipinski definition) is 1. The van der Waals surface area contributed by atoms with Gasteiger partial charge in [-0.1, -0.05) is 29.8 Å². The fourth-order valence-electron chi connectivity index (χ4n) is 2.98. The van der Waals surface area contributed by atoms with Gasteiger partial charge in [-0.3, -0.25) is 5.32 Å². The standard InChI is InChI=1S/C19H18ClN5OS/c20-15-5-2-1-4-14(15)16-7-8-17(23-22-16)24-9-11-25(12-10-24)19(26)21-18-6-3-13-27-18/h1-8,13H,9-12H2,(H,21,26). The van der Waals surface area contributed by atoms with E-state index >= 15 is 0 Å². The topological polar surface area (TPSA) is 61.4 Å². The number of hydrogen-bond acceptors (Lipinski definition) is 5. The summed E-state index contributed by atoms with van der Waals surface area (Å²) in [6.45, 7) is 2.73. The van der Waals surface area contributed by atoms with E-state index in [9.17, 15) is 4.79 Å². The van der Waals surface area contributed by atoms with E-state index in [2.05, 4.69) is 20.4 Å². The van der Waals surface area contributed by atoms with E-state index in [1.807, 2.05) is 58.8 Å².